The van der Waals surface area contributed by atoms with Gasteiger partial charge in [-0.3, -0.25) is 0 Å². The Kier molecular flexibility index (Phi) is 4.54. The van der Waals surface area contributed by atoms with Crippen LogP contribution in [0.4, 0.5) is 8.78 Å². The number of nitrogens with zero attached hydrogens (tertiary/aromatic N) is 2. The van der Waals surface area contributed by atoms with Crippen LogP contribution in [0.2, 0.25) is 0 Å². The number of pyridine rings is 1. The van der Waals surface area contributed by atoms with E-state index in [-0.39, 0.29) is 23.6 Å². The molecule has 3 aliphatic heterocycles. The van der Waals surface area contributed by atoms with Crippen LogP contribution in [0.3, 0.4) is 0 Å². The van der Waals surface area contributed by atoms with Gasteiger partial charge in [0.25, 0.3) is 6.02 Å². The highest BCUT2D eigenvalue weighted by atomic mass is 19.2. The lowest BCUT2D eigenvalue weighted by molar-refractivity contribution is -0.120. The predicted octanol–water partition coefficient (Wildman–Crippen LogP) is 4.14. The van der Waals surface area contributed by atoms with Gasteiger partial charge in [-0.1, -0.05) is 25.1 Å². The van der Waals surface area contributed by atoms with Crippen molar-refractivity contribution < 1.29 is 27.7 Å². The largest absolute Gasteiger partial charge is 0.491 e. The van der Waals surface area contributed by atoms with Crippen molar-refractivity contribution in [2.75, 3.05) is 26.4 Å². The smallest absolute Gasteiger partial charge is 0.283 e. The maximum absolute atomic E-state index is 14.5. The zero-order valence-corrected chi connectivity index (χ0v) is 18.3. The van der Waals surface area contributed by atoms with Gasteiger partial charge in [0.15, 0.2) is 17.2 Å². The first-order chi connectivity index (χ1) is 16.4. The van der Waals surface area contributed by atoms with Crippen LogP contribution in [0.5, 0.6) is 17.4 Å². The first-order valence-corrected chi connectivity index (χ1v) is 10.8. The third-order valence-corrected chi connectivity index (χ3v) is 6.38. The van der Waals surface area contributed by atoms with Crippen molar-refractivity contribution in [3.8, 4) is 28.5 Å². The van der Waals surface area contributed by atoms with E-state index in [1.165, 1.54) is 12.1 Å². The second-order valence-corrected chi connectivity index (χ2v) is 9.13. The van der Waals surface area contributed by atoms with Gasteiger partial charge in [-0.15, -0.1) is 0 Å². The van der Waals surface area contributed by atoms with Gasteiger partial charge < -0.3 is 24.7 Å². The van der Waals surface area contributed by atoms with Crippen molar-refractivity contribution in [1.29, 1.82) is 0 Å². The van der Waals surface area contributed by atoms with Crippen molar-refractivity contribution in [1.82, 2.24) is 4.98 Å². The van der Waals surface area contributed by atoms with Gasteiger partial charge >= 0.3 is 0 Å². The Balaban J connectivity index is 1.45. The van der Waals surface area contributed by atoms with Crippen molar-refractivity contribution >= 4 is 6.02 Å². The molecular weight excluding hydrogens is 444 g/mol. The van der Waals surface area contributed by atoms with Gasteiger partial charge in [-0.25, -0.2) is 18.8 Å². The lowest BCUT2D eigenvalue weighted by Gasteiger charge is -2.37. The van der Waals surface area contributed by atoms with Crippen LogP contribution in [0.1, 0.15) is 18.1 Å². The lowest BCUT2D eigenvalue weighted by Crippen LogP contribution is -2.44. The fourth-order valence-electron chi connectivity index (χ4n) is 4.47. The number of nitrogens with two attached hydrogens (primary N) is 1. The van der Waals surface area contributed by atoms with Gasteiger partial charge in [0.1, 0.15) is 18.1 Å². The Bertz CT molecular complexity index is 1340. The highest BCUT2D eigenvalue weighted by Gasteiger charge is 2.48. The number of aromatic nitrogens is 1. The number of rotatable bonds is 4. The average molecular weight is 465 g/mol. The van der Waals surface area contributed by atoms with E-state index in [9.17, 15) is 8.78 Å². The fourth-order valence-corrected chi connectivity index (χ4v) is 4.47. The minimum atomic E-state index is -1.07. The summed E-state index contributed by atoms with van der Waals surface area (Å²) in [6.07, 6.45) is 1.60. The monoisotopic (exact) mass is 465 g/mol. The number of halogens is 2. The Morgan fingerprint density at radius 3 is 2.68 bits per heavy atom. The molecule has 6 rings (SSSR count). The zero-order valence-electron chi connectivity index (χ0n) is 18.3. The molecule has 7 nitrogen and oxygen atoms in total. The van der Waals surface area contributed by atoms with E-state index in [1.54, 1.807) is 24.4 Å². The molecule has 0 unspecified atom stereocenters. The number of ether oxygens (including phenoxy) is 4. The van der Waals surface area contributed by atoms with Crippen LogP contribution >= 0.6 is 0 Å². The predicted molar refractivity (Wildman–Crippen MR) is 119 cm³/mol. The molecule has 1 spiro atoms. The normalized spacial score (nSPS) is 21.6. The molecule has 0 saturated carbocycles. The van der Waals surface area contributed by atoms with Crippen molar-refractivity contribution in [2.45, 2.75) is 12.5 Å². The minimum Gasteiger partial charge on any atom is -0.491 e. The van der Waals surface area contributed by atoms with Crippen LogP contribution in [0.15, 0.2) is 53.7 Å². The topological polar surface area (TPSA) is 88.2 Å². The molecule has 0 aliphatic carbocycles. The highest BCUT2D eigenvalue weighted by Crippen LogP contribution is 2.51. The molecule has 3 aliphatic rings. The number of aliphatic imine (C=N–C) groups is 1. The van der Waals surface area contributed by atoms with Gasteiger partial charge in [0.2, 0.25) is 5.88 Å². The summed E-state index contributed by atoms with van der Waals surface area (Å²) in [7, 11) is 0. The van der Waals surface area contributed by atoms with Crippen molar-refractivity contribution in [2.24, 2.45) is 16.1 Å². The summed E-state index contributed by atoms with van der Waals surface area (Å²) in [5.41, 5.74) is 6.66. The molecule has 1 aromatic heterocycles. The molecule has 2 aromatic carbocycles. The number of fused-ring (bicyclic) bond motifs is 4. The molecule has 3 aromatic rings. The summed E-state index contributed by atoms with van der Waals surface area (Å²) in [4.78, 5) is 9.08. The number of hydrogen-bond acceptors (Lipinski definition) is 7. The molecular formula is C25H21F2N3O4. The minimum absolute atomic E-state index is 0.0200. The molecule has 9 heteroatoms. The first kappa shape index (κ1) is 20.9. The quantitative estimate of drug-likeness (QED) is 0.623. The summed E-state index contributed by atoms with van der Waals surface area (Å²) in [6.45, 7) is 3.95. The molecule has 0 bridgehead atoms. The summed E-state index contributed by atoms with van der Waals surface area (Å²) in [5, 5.41) is 0. The van der Waals surface area contributed by atoms with Gasteiger partial charge in [0, 0.05) is 16.5 Å². The standard InChI is InChI=1S/C25H21F2N3O4/c1-24(10-31-11-24)12-32-15-8-18-22(29-9-15)34-20-6-5-14(16-3-2-4-19(26)21(16)27)7-17(20)25(18)13-33-23(28)30-25/h2-9H,10-13H2,1H3,(H2,28,30)/t25-/m0/s1. The second kappa shape index (κ2) is 7.39. The summed E-state index contributed by atoms with van der Waals surface area (Å²) in [6, 6.07) is 11.0. The molecule has 0 amide bonds. The Labute approximate surface area is 194 Å². The molecule has 4 heterocycles. The second-order valence-electron chi connectivity index (χ2n) is 9.13. The van der Waals surface area contributed by atoms with E-state index < -0.39 is 17.2 Å². The number of hydrogen-bond donors (Lipinski definition) is 1. The van der Waals surface area contributed by atoms with Crippen LogP contribution in [0, 0.1) is 17.0 Å². The van der Waals surface area contributed by atoms with E-state index in [2.05, 4.69) is 16.9 Å². The molecule has 1 atom stereocenters. The van der Waals surface area contributed by atoms with Crippen LogP contribution in [0.25, 0.3) is 11.1 Å². The third-order valence-electron chi connectivity index (χ3n) is 6.38. The van der Waals surface area contributed by atoms with E-state index in [4.69, 9.17) is 24.7 Å². The Hall–Kier alpha value is -3.72. The highest BCUT2D eigenvalue weighted by molar-refractivity contribution is 5.77. The van der Waals surface area contributed by atoms with Gasteiger partial charge in [0.05, 0.1) is 31.6 Å². The van der Waals surface area contributed by atoms with Gasteiger partial charge in [-0.2, -0.15) is 0 Å². The molecule has 34 heavy (non-hydrogen) atoms. The van der Waals surface area contributed by atoms with Crippen LogP contribution in [-0.2, 0) is 15.0 Å². The summed E-state index contributed by atoms with van der Waals surface area (Å²) >= 11 is 0. The Morgan fingerprint density at radius 1 is 1.09 bits per heavy atom. The molecule has 0 radical (unpaired) electrons. The molecule has 2 N–H and O–H groups in total. The lowest BCUT2D eigenvalue weighted by atomic mass is 9.81. The van der Waals surface area contributed by atoms with E-state index >= 15 is 0 Å². The fraction of sp³-hybridized carbons (Fsp3) is 0.280. The number of benzene rings is 2. The van der Waals surface area contributed by atoms with Gasteiger partial charge in [-0.05, 0) is 29.8 Å². The third kappa shape index (κ3) is 3.19. The average Bonchev–Trinajstić information content (AvgIpc) is 3.21. The summed E-state index contributed by atoms with van der Waals surface area (Å²) < 4.78 is 51.4. The molecule has 174 valence electrons. The van der Waals surface area contributed by atoms with Crippen LogP contribution in [-0.4, -0.2) is 37.4 Å². The van der Waals surface area contributed by atoms with Crippen molar-refractivity contribution in [3.63, 3.8) is 0 Å². The number of amidine groups is 1. The molecule has 1 fully saturated rings. The molecule has 1 saturated heterocycles. The van der Waals surface area contributed by atoms with E-state index in [0.29, 0.717) is 53.9 Å². The first-order valence-electron chi connectivity index (χ1n) is 10.8. The van der Waals surface area contributed by atoms with Crippen molar-refractivity contribution in [3.05, 3.63) is 71.4 Å². The van der Waals surface area contributed by atoms with E-state index in [0.717, 1.165) is 6.07 Å². The SMILES string of the molecule is CC1(COc2cnc3c(c2)[C@]2(COC(N)=N2)c2cc(-c4cccc(F)c4F)ccc2O3)COC1. The maximum atomic E-state index is 14.5. The van der Waals surface area contributed by atoms with E-state index in [1.807, 2.05) is 6.07 Å². The summed E-state index contributed by atoms with van der Waals surface area (Å²) in [5.74, 6) is -0.467. The maximum Gasteiger partial charge on any atom is 0.283 e. The Morgan fingerprint density at radius 2 is 1.94 bits per heavy atom. The zero-order chi connectivity index (χ0) is 23.5. The van der Waals surface area contributed by atoms with Crippen LogP contribution < -0.4 is 15.2 Å².